The molecule has 0 radical (unpaired) electrons. The maximum atomic E-state index is 12.7. The number of nitrogens with one attached hydrogen (secondary N) is 1. The average Bonchev–Trinajstić information content (AvgIpc) is 3.00. The van der Waals surface area contributed by atoms with E-state index in [1.165, 1.54) is 5.39 Å². The summed E-state index contributed by atoms with van der Waals surface area (Å²) >= 11 is 0. The molecule has 1 N–H and O–H groups in total. The molecule has 0 aliphatic carbocycles. The van der Waals surface area contributed by atoms with Crippen molar-refractivity contribution in [3.05, 3.63) is 76.5 Å². The van der Waals surface area contributed by atoms with E-state index in [2.05, 4.69) is 39.7 Å². The van der Waals surface area contributed by atoms with E-state index in [1.807, 2.05) is 12.1 Å². The van der Waals surface area contributed by atoms with Crippen molar-refractivity contribution >= 4 is 27.7 Å². The average molecular weight is 360 g/mol. The molecule has 1 amide bonds. The van der Waals surface area contributed by atoms with Gasteiger partial charge < -0.3 is 14.5 Å². The standard InChI is InChI=1S/C21H20N4O2/c1-14-13-15-7-3-6-10-18(15)25(14)12-11-24(2)21(27)19-22-17-9-5-4-8-16(17)20(26)23-19/h3-10,13H,11-12H2,1-2H3,(H,22,23,26). The maximum absolute atomic E-state index is 12.7. The zero-order valence-electron chi connectivity index (χ0n) is 15.3. The molecule has 0 unspecified atom stereocenters. The molecular weight excluding hydrogens is 340 g/mol. The minimum absolute atomic E-state index is 0.0651. The summed E-state index contributed by atoms with van der Waals surface area (Å²) < 4.78 is 2.19. The molecule has 0 aliphatic heterocycles. The quantitative estimate of drug-likeness (QED) is 0.608. The molecule has 0 saturated carbocycles. The minimum atomic E-state index is -0.301. The fourth-order valence-corrected chi connectivity index (χ4v) is 3.37. The smallest absolute Gasteiger partial charge is 0.289 e. The predicted molar refractivity (Wildman–Crippen MR) is 106 cm³/mol. The van der Waals surface area contributed by atoms with Gasteiger partial charge in [-0.05, 0) is 36.6 Å². The van der Waals surface area contributed by atoms with Crippen LogP contribution in [0.25, 0.3) is 21.8 Å². The van der Waals surface area contributed by atoms with Gasteiger partial charge in [0, 0.05) is 31.3 Å². The van der Waals surface area contributed by atoms with E-state index >= 15 is 0 Å². The maximum Gasteiger partial charge on any atom is 0.289 e. The van der Waals surface area contributed by atoms with E-state index in [1.54, 1.807) is 36.2 Å². The number of hydrogen-bond acceptors (Lipinski definition) is 3. The van der Waals surface area contributed by atoms with Crippen molar-refractivity contribution < 1.29 is 4.79 Å². The minimum Gasteiger partial charge on any atom is -0.343 e. The second-order valence-corrected chi connectivity index (χ2v) is 6.65. The van der Waals surface area contributed by atoms with Gasteiger partial charge in [-0.3, -0.25) is 9.59 Å². The van der Waals surface area contributed by atoms with Crippen LogP contribution in [0.2, 0.25) is 0 Å². The van der Waals surface area contributed by atoms with E-state index in [-0.39, 0.29) is 17.3 Å². The van der Waals surface area contributed by atoms with E-state index in [0.717, 1.165) is 11.2 Å². The van der Waals surface area contributed by atoms with Crippen molar-refractivity contribution in [2.45, 2.75) is 13.5 Å². The van der Waals surface area contributed by atoms with Crippen molar-refractivity contribution in [1.29, 1.82) is 0 Å². The first-order valence-electron chi connectivity index (χ1n) is 8.84. The molecule has 6 heteroatoms. The number of carbonyl (C=O) groups excluding carboxylic acids is 1. The first-order chi connectivity index (χ1) is 13.0. The second-order valence-electron chi connectivity index (χ2n) is 6.65. The van der Waals surface area contributed by atoms with Gasteiger partial charge in [0.2, 0.25) is 0 Å². The highest BCUT2D eigenvalue weighted by molar-refractivity contribution is 5.92. The third-order valence-corrected chi connectivity index (χ3v) is 4.84. The Morgan fingerprint density at radius 2 is 1.89 bits per heavy atom. The Kier molecular flexibility index (Phi) is 4.24. The van der Waals surface area contributed by atoms with Gasteiger partial charge >= 0.3 is 0 Å². The zero-order valence-corrected chi connectivity index (χ0v) is 15.3. The Morgan fingerprint density at radius 1 is 1.15 bits per heavy atom. The third-order valence-electron chi connectivity index (χ3n) is 4.84. The molecule has 2 aromatic carbocycles. The Bertz CT molecular complexity index is 1210. The van der Waals surface area contributed by atoms with Crippen LogP contribution in [-0.4, -0.2) is 38.9 Å². The second kappa shape index (κ2) is 6.72. The van der Waals surface area contributed by atoms with Crippen LogP contribution >= 0.6 is 0 Å². The molecule has 0 atom stereocenters. The van der Waals surface area contributed by atoms with Crippen molar-refractivity contribution in [2.24, 2.45) is 0 Å². The highest BCUT2D eigenvalue weighted by atomic mass is 16.2. The number of hydrogen-bond donors (Lipinski definition) is 1. The lowest BCUT2D eigenvalue weighted by Crippen LogP contribution is -2.32. The summed E-state index contributed by atoms with van der Waals surface area (Å²) in [6.45, 7) is 3.23. The molecule has 27 heavy (non-hydrogen) atoms. The number of rotatable bonds is 4. The Hall–Kier alpha value is -3.41. The molecule has 0 spiro atoms. The van der Waals surface area contributed by atoms with Gasteiger partial charge in [-0.15, -0.1) is 0 Å². The number of aromatic nitrogens is 3. The number of aryl methyl sites for hydroxylation is 1. The first kappa shape index (κ1) is 17.0. The number of nitrogens with zero attached hydrogens (tertiary/aromatic N) is 3. The number of carbonyl (C=O) groups is 1. The lowest BCUT2D eigenvalue weighted by molar-refractivity contribution is 0.0778. The van der Waals surface area contributed by atoms with Gasteiger partial charge in [-0.1, -0.05) is 30.3 Å². The highest BCUT2D eigenvalue weighted by Gasteiger charge is 2.16. The molecule has 4 aromatic rings. The van der Waals surface area contributed by atoms with Gasteiger partial charge in [0.1, 0.15) is 0 Å². The van der Waals surface area contributed by atoms with Crippen LogP contribution in [0.15, 0.2) is 59.4 Å². The van der Waals surface area contributed by atoms with Crippen molar-refractivity contribution in [3.8, 4) is 0 Å². The molecule has 0 bridgehead atoms. The van der Waals surface area contributed by atoms with Crippen LogP contribution in [0, 0.1) is 6.92 Å². The van der Waals surface area contributed by atoms with Crippen molar-refractivity contribution in [1.82, 2.24) is 19.4 Å². The molecule has 6 nitrogen and oxygen atoms in total. The molecule has 2 heterocycles. The van der Waals surface area contributed by atoms with E-state index < -0.39 is 0 Å². The lowest BCUT2D eigenvalue weighted by atomic mass is 10.2. The highest BCUT2D eigenvalue weighted by Crippen LogP contribution is 2.19. The summed E-state index contributed by atoms with van der Waals surface area (Å²) in [5.74, 6) is -0.234. The number of likely N-dealkylation sites (N-methyl/N-ethyl adjacent to an activating group) is 1. The van der Waals surface area contributed by atoms with Crippen LogP contribution in [0.3, 0.4) is 0 Å². The number of para-hydroxylation sites is 2. The number of benzene rings is 2. The largest absolute Gasteiger partial charge is 0.343 e. The molecule has 2 aromatic heterocycles. The van der Waals surface area contributed by atoms with Gasteiger partial charge in [-0.2, -0.15) is 0 Å². The lowest BCUT2D eigenvalue weighted by Gasteiger charge is -2.18. The number of aromatic amines is 1. The first-order valence-corrected chi connectivity index (χ1v) is 8.84. The molecule has 136 valence electrons. The van der Waals surface area contributed by atoms with Gasteiger partial charge in [-0.25, -0.2) is 4.98 Å². The molecule has 0 saturated heterocycles. The Balaban J connectivity index is 1.56. The molecule has 0 aliphatic rings. The zero-order chi connectivity index (χ0) is 19.0. The summed E-state index contributed by atoms with van der Waals surface area (Å²) in [6, 6.07) is 17.3. The van der Waals surface area contributed by atoms with Crippen LogP contribution in [0.1, 0.15) is 16.3 Å². The molecule has 4 rings (SSSR count). The van der Waals surface area contributed by atoms with Crippen molar-refractivity contribution in [3.63, 3.8) is 0 Å². The number of H-pyrrole nitrogens is 1. The number of fused-ring (bicyclic) bond motifs is 2. The third kappa shape index (κ3) is 3.10. The topological polar surface area (TPSA) is 71.0 Å². The molecular formula is C21H20N4O2. The Labute approximate surface area is 156 Å². The summed E-state index contributed by atoms with van der Waals surface area (Å²) in [5, 5.41) is 1.66. The van der Waals surface area contributed by atoms with E-state index in [4.69, 9.17) is 0 Å². The monoisotopic (exact) mass is 360 g/mol. The van der Waals surface area contributed by atoms with Crippen molar-refractivity contribution in [2.75, 3.05) is 13.6 Å². The fourth-order valence-electron chi connectivity index (χ4n) is 3.37. The summed E-state index contributed by atoms with van der Waals surface area (Å²) in [4.78, 5) is 33.4. The fraction of sp³-hybridized carbons (Fsp3) is 0.190. The van der Waals surface area contributed by atoms with Gasteiger partial charge in [0.05, 0.1) is 10.9 Å². The van der Waals surface area contributed by atoms with Crippen LogP contribution in [0.5, 0.6) is 0 Å². The van der Waals surface area contributed by atoms with E-state index in [0.29, 0.717) is 24.0 Å². The van der Waals surface area contributed by atoms with Crippen LogP contribution in [-0.2, 0) is 6.54 Å². The SMILES string of the molecule is Cc1cc2ccccc2n1CCN(C)C(=O)c1nc2ccccc2c(=O)[nH]1. The Morgan fingerprint density at radius 3 is 2.74 bits per heavy atom. The van der Waals surface area contributed by atoms with Gasteiger partial charge in [0.15, 0.2) is 5.82 Å². The van der Waals surface area contributed by atoms with Crippen LogP contribution in [0.4, 0.5) is 0 Å². The predicted octanol–water partition coefficient (Wildman–Crippen LogP) is 2.96. The number of amides is 1. The molecule has 0 fully saturated rings. The normalized spacial score (nSPS) is 11.2. The van der Waals surface area contributed by atoms with E-state index in [9.17, 15) is 9.59 Å². The summed E-state index contributed by atoms with van der Waals surface area (Å²) in [6.07, 6.45) is 0. The summed E-state index contributed by atoms with van der Waals surface area (Å²) in [7, 11) is 1.72. The van der Waals surface area contributed by atoms with Gasteiger partial charge in [0.25, 0.3) is 11.5 Å². The summed E-state index contributed by atoms with van der Waals surface area (Å²) in [5.41, 5.74) is 2.51. The van der Waals surface area contributed by atoms with Crippen LogP contribution < -0.4 is 5.56 Å².